The van der Waals surface area contributed by atoms with Gasteiger partial charge in [-0.15, -0.1) is 0 Å². The number of carbonyl (C=O) groups is 1. The number of nitrogens with two attached hydrogens (primary N) is 1. The van der Waals surface area contributed by atoms with Crippen LogP contribution in [0.3, 0.4) is 0 Å². The number of hydrogen-bond acceptors (Lipinski definition) is 2. The van der Waals surface area contributed by atoms with Gasteiger partial charge in [-0.1, -0.05) is 56.4 Å². The van der Waals surface area contributed by atoms with Gasteiger partial charge in [-0.05, 0) is 23.5 Å². The molecule has 0 aliphatic heterocycles. The lowest BCUT2D eigenvalue weighted by molar-refractivity contribution is -0.130. The molecule has 1 aliphatic rings. The van der Waals surface area contributed by atoms with E-state index in [2.05, 4.69) is 6.07 Å². The standard InChI is InChI=1S/C18H28N2O/c1-20(14-17-10-6-5-9-16(17)13-19)18(21)12-11-15-7-3-2-4-8-15/h5-6,9-10,15H,2-4,7-8,11-14,19H2,1H3. The molecule has 0 unspecified atom stereocenters. The average molecular weight is 288 g/mol. The molecule has 1 aliphatic carbocycles. The van der Waals surface area contributed by atoms with Gasteiger partial charge in [0.25, 0.3) is 0 Å². The van der Waals surface area contributed by atoms with Gasteiger partial charge in [0, 0.05) is 26.6 Å². The number of amides is 1. The normalized spacial score (nSPS) is 15.9. The fourth-order valence-electron chi connectivity index (χ4n) is 3.25. The van der Waals surface area contributed by atoms with Crippen LogP contribution in [0, 0.1) is 5.92 Å². The van der Waals surface area contributed by atoms with Crippen LogP contribution >= 0.6 is 0 Å². The van der Waals surface area contributed by atoms with Crippen LogP contribution in [0.4, 0.5) is 0 Å². The lowest BCUT2D eigenvalue weighted by Crippen LogP contribution is -2.27. The topological polar surface area (TPSA) is 46.3 Å². The van der Waals surface area contributed by atoms with Crippen molar-refractivity contribution in [1.29, 1.82) is 0 Å². The van der Waals surface area contributed by atoms with Crippen molar-refractivity contribution in [2.75, 3.05) is 7.05 Å². The largest absolute Gasteiger partial charge is 0.341 e. The Labute approximate surface area is 128 Å². The molecule has 3 heteroatoms. The van der Waals surface area contributed by atoms with Crippen molar-refractivity contribution in [3.63, 3.8) is 0 Å². The molecule has 0 heterocycles. The molecule has 2 N–H and O–H groups in total. The Bertz CT molecular complexity index is 452. The Balaban J connectivity index is 1.81. The van der Waals surface area contributed by atoms with E-state index in [-0.39, 0.29) is 5.91 Å². The molecule has 116 valence electrons. The van der Waals surface area contributed by atoms with Gasteiger partial charge in [-0.3, -0.25) is 4.79 Å². The second kappa shape index (κ2) is 8.18. The average Bonchev–Trinajstić information content (AvgIpc) is 2.54. The highest BCUT2D eigenvalue weighted by molar-refractivity contribution is 5.75. The monoisotopic (exact) mass is 288 g/mol. The maximum absolute atomic E-state index is 12.3. The van der Waals surface area contributed by atoms with Crippen LogP contribution in [0.5, 0.6) is 0 Å². The van der Waals surface area contributed by atoms with Crippen LogP contribution in [0.25, 0.3) is 0 Å². The van der Waals surface area contributed by atoms with Crippen molar-refractivity contribution < 1.29 is 4.79 Å². The molecule has 1 aromatic carbocycles. The van der Waals surface area contributed by atoms with Crippen LogP contribution in [-0.2, 0) is 17.9 Å². The van der Waals surface area contributed by atoms with Crippen LogP contribution in [0.2, 0.25) is 0 Å². The van der Waals surface area contributed by atoms with Crippen LogP contribution in [-0.4, -0.2) is 17.9 Å². The van der Waals surface area contributed by atoms with E-state index in [9.17, 15) is 4.79 Å². The van der Waals surface area contributed by atoms with E-state index in [1.54, 1.807) is 0 Å². The van der Waals surface area contributed by atoms with E-state index >= 15 is 0 Å². The highest BCUT2D eigenvalue weighted by Crippen LogP contribution is 2.27. The lowest BCUT2D eigenvalue weighted by atomic mass is 9.86. The molecule has 1 aromatic rings. The van der Waals surface area contributed by atoms with Gasteiger partial charge in [-0.2, -0.15) is 0 Å². The first kappa shape index (κ1) is 16.0. The molecule has 0 spiro atoms. The third-order valence-corrected chi connectivity index (χ3v) is 4.66. The molecule has 1 fully saturated rings. The van der Waals surface area contributed by atoms with Crippen molar-refractivity contribution in [3.8, 4) is 0 Å². The Kier molecular flexibility index (Phi) is 6.24. The van der Waals surface area contributed by atoms with Crippen molar-refractivity contribution in [1.82, 2.24) is 4.90 Å². The Morgan fingerprint density at radius 3 is 2.52 bits per heavy atom. The smallest absolute Gasteiger partial charge is 0.222 e. The first-order valence-electron chi connectivity index (χ1n) is 8.21. The molecule has 1 amide bonds. The summed E-state index contributed by atoms with van der Waals surface area (Å²) in [6, 6.07) is 8.11. The highest BCUT2D eigenvalue weighted by atomic mass is 16.2. The van der Waals surface area contributed by atoms with Gasteiger partial charge in [0.05, 0.1) is 0 Å². The zero-order valence-electron chi connectivity index (χ0n) is 13.2. The Morgan fingerprint density at radius 1 is 1.19 bits per heavy atom. The van der Waals surface area contributed by atoms with Gasteiger partial charge in [0.15, 0.2) is 0 Å². The van der Waals surface area contributed by atoms with Gasteiger partial charge in [-0.25, -0.2) is 0 Å². The molecule has 0 atom stereocenters. The molecule has 1 saturated carbocycles. The summed E-state index contributed by atoms with van der Waals surface area (Å²) >= 11 is 0. The van der Waals surface area contributed by atoms with Crippen LogP contribution in [0.1, 0.15) is 56.1 Å². The number of carbonyl (C=O) groups excluding carboxylic acids is 1. The quantitative estimate of drug-likeness (QED) is 0.871. The molecule has 0 saturated heterocycles. The van der Waals surface area contributed by atoms with E-state index < -0.39 is 0 Å². The van der Waals surface area contributed by atoms with E-state index in [1.165, 1.54) is 32.1 Å². The highest BCUT2D eigenvalue weighted by Gasteiger charge is 2.17. The summed E-state index contributed by atoms with van der Waals surface area (Å²) < 4.78 is 0. The summed E-state index contributed by atoms with van der Waals surface area (Å²) in [5.74, 6) is 1.03. The number of nitrogens with zero attached hydrogens (tertiary/aromatic N) is 1. The fraction of sp³-hybridized carbons (Fsp3) is 0.611. The molecular formula is C18H28N2O. The Hall–Kier alpha value is -1.35. The van der Waals surface area contributed by atoms with Crippen molar-refractivity contribution in [2.24, 2.45) is 11.7 Å². The van der Waals surface area contributed by atoms with Gasteiger partial charge in [0.1, 0.15) is 0 Å². The first-order chi connectivity index (χ1) is 10.2. The third kappa shape index (κ3) is 4.85. The molecule has 2 rings (SSSR count). The molecular weight excluding hydrogens is 260 g/mol. The molecule has 0 radical (unpaired) electrons. The summed E-state index contributed by atoms with van der Waals surface area (Å²) in [5.41, 5.74) is 8.04. The first-order valence-corrected chi connectivity index (χ1v) is 8.21. The van der Waals surface area contributed by atoms with Crippen molar-refractivity contribution in [3.05, 3.63) is 35.4 Å². The zero-order chi connectivity index (χ0) is 15.1. The van der Waals surface area contributed by atoms with E-state index in [1.807, 2.05) is 30.1 Å². The van der Waals surface area contributed by atoms with Crippen LogP contribution < -0.4 is 5.73 Å². The number of rotatable bonds is 6. The molecule has 0 bridgehead atoms. The summed E-state index contributed by atoms with van der Waals surface area (Å²) in [6.45, 7) is 1.19. The summed E-state index contributed by atoms with van der Waals surface area (Å²) in [5, 5.41) is 0. The molecule has 3 nitrogen and oxygen atoms in total. The zero-order valence-corrected chi connectivity index (χ0v) is 13.2. The Morgan fingerprint density at radius 2 is 1.86 bits per heavy atom. The minimum Gasteiger partial charge on any atom is -0.341 e. The molecule has 0 aromatic heterocycles. The summed E-state index contributed by atoms with van der Waals surface area (Å²) in [7, 11) is 1.90. The lowest BCUT2D eigenvalue weighted by Gasteiger charge is -2.23. The van der Waals surface area contributed by atoms with E-state index in [0.717, 1.165) is 23.5 Å². The van der Waals surface area contributed by atoms with E-state index in [4.69, 9.17) is 5.73 Å². The van der Waals surface area contributed by atoms with Gasteiger partial charge < -0.3 is 10.6 Å². The minimum absolute atomic E-state index is 0.257. The fourth-order valence-corrected chi connectivity index (χ4v) is 3.25. The maximum Gasteiger partial charge on any atom is 0.222 e. The number of benzene rings is 1. The minimum atomic E-state index is 0.257. The molecule has 21 heavy (non-hydrogen) atoms. The summed E-state index contributed by atoms with van der Waals surface area (Å²) in [4.78, 5) is 14.1. The SMILES string of the molecule is CN(Cc1ccccc1CN)C(=O)CCC1CCCCC1. The second-order valence-electron chi connectivity index (χ2n) is 6.27. The maximum atomic E-state index is 12.3. The van der Waals surface area contributed by atoms with Gasteiger partial charge in [0.2, 0.25) is 5.91 Å². The van der Waals surface area contributed by atoms with Crippen molar-refractivity contribution >= 4 is 5.91 Å². The van der Waals surface area contributed by atoms with E-state index in [0.29, 0.717) is 19.5 Å². The number of hydrogen-bond donors (Lipinski definition) is 1. The van der Waals surface area contributed by atoms with Crippen LogP contribution in [0.15, 0.2) is 24.3 Å². The second-order valence-corrected chi connectivity index (χ2v) is 6.27. The predicted molar refractivity (Wildman–Crippen MR) is 86.6 cm³/mol. The van der Waals surface area contributed by atoms with Gasteiger partial charge >= 0.3 is 0 Å². The van der Waals surface area contributed by atoms with Crippen molar-refractivity contribution in [2.45, 2.75) is 58.0 Å². The summed E-state index contributed by atoms with van der Waals surface area (Å²) in [6.07, 6.45) is 8.44. The third-order valence-electron chi connectivity index (χ3n) is 4.66. The predicted octanol–water partition coefficient (Wildman–Crippen LogP) is 3.46.